The molecule has 0 aliphatic rings. The van der Waals surface area contributed by atoms with Gasteiger partial charge in [0, 0.05) is 24.9 Å². The summed E-state index contributed by atoms with van der Waals surface area (Å²) in [7, 11) is 3.35. The number of hydrogen-bond donors (Lipinski definition) is 1. The Hall–Kier alpha value is -1.01. The Labute approximate surface area is 112 Å². The minimum absolute atomic E-state index is 0.172. The Balaban J connectivity index is 2.65. The number of nitrogens with one attached hydrogen (secondary N) is 1. The summed E-state index contributed by atoms with van der Waals surface area (Å²) in [6.45, 7) is 5.84. The van der Waals surface area contributed by atoms with Crippen LogP contribution in [-0.2, 0) is 23.1 Å². The summed E-state index contributed by atoms with van der Waals surface area (Å²) in [5.74, 6) is 0.541. The maximum absolute atomic E-state index is 11.1. The van der Waals surface area contributed by atoms with Gasteiger partial charge in [-0.2, -0.15) is 5.10 Å². The van der Waals surface area contributed by atoms with E-state index in [1.165, 1.54) is 12.7 Å². The normalized spacial score (nSPS) is 10.7. The highest BCUT2D eigenvalue weighted by molar-refractivity contribution is 7.99. The zero-order valence-corrected chi connectivity index (χ0v) is 12.3. The molecule has 0 fully saturated rings. The van der Waals surface area contributed by atoms with Crippen LogP contribution < -0.4 is 5.32 Å². The van der Waals surface area contributed by atoms with Crippen molar-refractivity contribution in [2.24, 2.45) is 7.05 Å². The van der Waals surface area contributed by atoms with Gasteiger partial charge in [-0.05, 0) is 13.5 Å². The van der Waals surface area contributed by atoms with Gasteiger partial charge in [-0.3, -0.25) is 9.48 Å². The van der Waals surface area contributed by atoms with E-state index in [0.29, 0.717) is 12.2 Å². The molecule has 0 radical (unpaired) electrons. The third-order valence-electron chi connectivity index (χ3n) is 2.61. The second kappa shape index (κ2) is 7.43. The molecule has 0 aromatic carbocycles. The van der Waals surface area contributed by atoms with E-state index in [2.05, 4.69) is 22.1 Å². The molecule has 0 unspecified atom stereocenters. The van der Waals surface area contributed by atoms with Gasteiger partial charge in [0.05, 0.1) is 24.3 Å². The second-order valence-electron chi connectivity index (χ2n) is 3.95. The summed E-state index contributed by atoms with van der Waals surface area (Å²) in [6, 6.07) is 0. The Morgan fingerprint density at radius 2 is 2.28 bits per heavy atom. The van der Waals surface area contributed by atoms with E-state index in [1.807, 2.05) is 18.7 Å². The number of thioether (sulfide) groups is 1. The number of rotatable bonds is 7. The Morgan fingerprint density at radius 1 is 1.56 bits per heavy atom. The predicted molar refractivity (Wildman–Crippen MR) is 72.7 cm³/mol. The van der Waals surface area contributed by atoms with Gasteiger partial charge in [0.15, 0.2) is 0 Å². The smallest absolute Gasteiger partial charge is 0.306 e. The molecule has 0 amide bonds. The summed E-state index contributed by atoms with van der Waals surface area (Å²) in [5.41, 5.74) is 2.26. The highest BCUT2D eigenvalue weighted by Gasteiger charge is 2.13. The minimum atomic E-state index is -0.172. The van der Waals surface area contributed by atoms with Crippen molar-refractivity contribution in [3.05, 3.63) is 11.3 Å². The van der Waals surface area contributed by atoms with E-state index in [0.717, 1.165) is 23.8 Å². The van der Waals surface area contributed by atoms with Crippen LogP contribution in [0.3, 0.4) is 0 Å². The van der Waals surface area contributed by atoms with Crippen molar-refractivity contribution in [1.82, 2.24) is 15.1 Å². The fourth-order valence-electron chi connectivity index (χ4n) is 1.65. The van der Waals surface area contributed by atoms with Crippen molar-refractivity contribution in [3.63, 3.8) is 0 Å². The van der Waals surface area contributed by atoms with Crippen LogP contribution in [0, 0.1) is 6.92 Å². The van der Waals surface area contributed by atoms with E-state index in [1.54, 1.807) is 11.8 Å². The van der Waals surface area contributed by atoms with E-state index in [9.17, 15) is 4.79 Å². The SMILES string of the molecule is CCNCc1c(C)nn(C)c1SCCC(=O)OC. The summed E-state index contributed by atoms with van der Waals surface area (Å²) in [5, 5.41) is 8.86. The van der Waals surface area contributed by atoms with Gasteiger partial charge in [0.25, 0.3) is 0 Å². The molecule has 1 rings (SSSR count). The first-order valence-electron chi connectivity index (χ1n) is 6.03. The highest BCUT2D eigenvalue weighted by atomic mass is 32.2. The van der Waals surface area contributed by atoms with Crippen LogP contribution in [0.25, 0.3) is 0 Å². The molecule has 102 valence electrons. The lowest BCUT2D eigenvalue weighted by Gasteiger charge is -2.06. The molecule has 0 atom stereocenters. The van der Waals surface area contributed by atoms with Crippen molar-refractivity contribution < 1.29 is 9.53 Å². The minimum Gasteiger partial charge on any atom is -0.469 e. The maximum Gasteiger partial charge on any atom is 0.306 e. The average Bonchev–Trinajstić information content (AvgIpc) is 2.61. The summed E-state index contributed by atoms with van der Waals surface area (Å²) >= 11 is 1.65. The number of esters is 1. The lowest BCUT2D eigenvalue weighted by atomic mass is 10.2. The first-order chi connectivity index (χ1) is 8.60. The number of methoxy groups -OCH3 is 1. The van der Waals surface area contributed by atoms with E-state index < -0.39 is 0 Å². The summed E-state index contributed by atoms with van der Waals surface area (Å²) < 4.78 is 6.51. The van der Waals surface area contributed by atoms with Gasteiger partial charge in [-0.15, -0.1) is 11.8 Å². The topological polar surface area (TPSA) is 56.2 Å². The number of hydrogen-bond acceptors (Lipinski definition) is 5. The first-order valence-corrected chi connectivity index (χ1v) is 7.01. The van der Waals surface area contributed by atoms with Crippen LogP contribution >= 0.6 is 11.8 Å². The van der Waals surface area contributed by atoms with Crippen LogP contribution in [0.4, 0.5) is 0 Å². The zero-order valence-electron chi connectivity index (χ0n) is 11.4. The number of ether oxygens (including phenoxy) is 1. The van der Waals surface area contributed by atoms with Gasteiger partial charge in [0.1, 0.15) is 0 Å². The molecule has 1 aromatic rings. The fourth-order valence-corrected chi connectivity index (χ4v) is 2.73. The van der Waals surface area contributed by atoms with Gasteiger partial charge >= 0.3 is 5.97 Å². The molecular weight excluding hydrogens is 250 g/mol. The van der Waals surface area contributed by atoms with Gasteiger partial charge in [0.2, 0.25) is 0 Å². The van der Waals surface area contributed by atoms with Crippen molar-refractivity contribution in [1.29, 1.82) is 0 Å². The highest BCUT2D eigenvalue weighted by Crippen LogP contribution is 2.25. The number of nitrogens with zero attached hydrogens (tertiary/aromatic N) is 2. The predicted octanol–water partition coefficient (Wildman–Crippen LogP) is 1.49. The van der Waals surface area contributed by atoms with Gasteiger partial charge in [-0.25, -0.2) is 0 Å². The molecule has 0 aliphatic carbocycles. The van der Waals surface area contributed by atoms with E-state index >= 15 is 0 Å². The van der Waals surface area contributed by atoms with Crippen molar-refractivity contribution in [2.45, 2.75) is 31.8 Å². The van der Waals surface area contributed by atoms with E-state index in [4.69, 9.17) is 0 Å². The number of aryl methyl sites for hydroxylation is 2. The first kappa shape index (κ1) is 15.0. The lowest BCUT2D eigenvalue weighted by Crippen LogP contribution is -2.13. The molecule has 1 N–H and O–H groups in total. The van der Waals surface area contributed by atoms with Crippen molar-refractivity contribution in [3.8, 4) is 0 Å². The second-order valence-corrected chi connectivity index (χ2v) is 5.03. The molecule has 1 aromatic heterocycles. The number of carbonyl (C=O) groups excluding carboxylic acids is 1. The van der Waals surface area contributed by atoms with Gasteiger partial charge < -0.3 is 10.1 Å². The van der Waals surface area contributed by atoms with Crippen molar-refractivity contribution in [2.75, 3.05) is 19.4 Å². The number of carbonyl (C=O) groups is 1. The van der Waals surface area contributed by atoms with Gasteiger partial charge in [-0.1, -0.05) is 6.92 Å². The average molecular weight is 271 g/mol. The molecule has 0 bridgehead atoms. The Kier molecular flexibility index (Phi) is 6.21. The molecule has 0 saturated carbocycles. The van der Waals surface area contributed by atoms with Crippen LogP contribution in [0.5, 0.6) is 0 Å². The van der Waals surface area contributed by atoms with Crippen LogP contribution in [0.2, 0.25) is 0 Å². The molecule has 6 heteroatoms. The zero-order chi connectivity index (χ0) is 13.5. The summed E-state index contributed by atoms with van der Waals surface area (Å²) in [6.07, 6.45) is 0.423. The fraction of sp³-hybridized carbons (Fsp3) is 0.667. The van der Waals surface area contributed by atoms with Crippen LogP contribution in [0.1, 0.15) is 24.6 Å². The quantitative estimate of drug-likeness (QED) is 0.601. The molecule has 0 spiro atoms. The largest absolute Gasteiger partial charge is 0.469 e. The number of aromatic nitrogens is 2. The summed E-state index contributed by atoms with van der Waals surface area (Å²) in [4.78, 5) is 11.1. The van der Waals surface area contributed by atoms with Crippen LogP contribution in [-0.4, -0.2) is 35.2 Å². The molecular formula is C12H21N3O2S. The third-order valence-corrected chi connectivity index (χ3v) is 3.81. The van der Waals surface area contributed by atoms with E-state index in [-0.39, 0.29) is 5.97 Å². The molecule has 18 heavy (non-hydrogen) atoms. The standard InChI is InChI=1S/C12H21N3O2S/c1-5-13-8-10-9(2)14-15(3)12(10)18-7-6-11(16)17-4/h13H,5-8H2,1-4H3. The molecule has 5 nitrogen and oxygen atoms in total. The maximum atomic E-state index is 11.1. The van der Waals surface area contributed by atoms with Crippen molar-refractivity contribution >= 4 is 17.7 Å². The Bertz CT molecular complexity index is 404. The molecule has 0 saturated heterocycles. The lowest BCUT2D eigenvalue weighted by molar-refractivity contribution is -0.140. The molecule has 1 heterocycles. The Morgan fingerprint density at radius 3 is 2.89 bits per heavy atom. The monoisotopic (exact) mass is 271 g/mol. The molecule has 0 aliphatic heterocycles. The third kappa shape index (κ3) is 4.03. The van der Waals surface area contributed by atoms with Crippen LogP contribution in [0.15, 0.2) is 5.03 Å².